The van der Waals surface area contributed by atoms with Crippen LogP contribution >= 0.6 is 11.6 Å². The minimum Gasteiger partial charge on any atom is -0.352 e. The van der Waals surface area contributed by atoms with Crippen molar-refractivity contribution in [2.24, 2.45) is 0 Å². The number of benzene rings is 1. The molecule has 98 valence electrons. The molecule has 3 nitrogen and oxygen atoms in total. The van der Waals surface area contributed by atoms with Crippen LogP contribution in [-0.2, 0) is 6.42 Å². The minimum absolute atomic E-state index is 0.189. The SMILES string of the molecule is Cc1cccc(CCNC(=O)c2cccnc2Cl)c1. The number of pyridine rings is 1. The Balaban J connectivity index is 1.90. The van der Waals surface area contributed by atoms with Crippen LogP contribution in [0.1, 0.15) is 21.5 Å². The summed E-state index contributed by atoms with van der Waals surface area (Å²) in [7, 11) is 0. The summed E-state index contributed by atoms with van der Waals surface area (Å²) in [5.74, 6) is -0.189. The number of nitrogens with one attached hydrogen (secondary N) is 1. The summed E-state index contributed by atoms with van der Waals surface area (Å²) in [6, 6.07) is 11.6. The average Bonchev–Trinajstić information content (AvgIpc) is 2.39. The zero-order chi connectivity index (χ0) is 13.7. The minimum atomic E-state index is -0.189. The second kappa shape index (κ2) is 6.34. The normalized spacial score (nSPS) is 10.2. The molecule has 19 heavy (non-hydrogen) atoms. The van der Waals surface area contributed by atoms with Gasteiger partial charge in [-0.3, -0.25) is 4.79 Å². The largest absolute Gasteiger partial charge is 0.352 e. The quantitative estimate of drug-likeness (QED) is 0.871. The van der Waals surface area contributed by atoms with E-state index in [2.05, 4.69) is 35.4 Å². The van der Waals surface area contributed by atoms with E-state index < -0.39 is 0 Å². The molecule has 0 aliphatic carbocycles. The molecule has 0 bridgehead atoms. The standard InChI is InChI=1S/C15H15ClN2O/c1-11-4-2-5-12(10-11)7-9-18-15(19)13-6-3-8-17-14(13)16/h2-6,8,10H,7,9H2,1H3,(H,18,19). The zero-order valence-electron chi connectivity index (χ0n) is 10.7. The van der Waals surface area contributed by atoms with Crippen LogP contribution in [0.25, 0.3) is 0 Å². The van der Waals surface area contributed by atoms with Gasteiger partial charge in [0, 0.05) is 12.7 Å². The fraction of sp³-hybridized carbons (Fsp3) is 0.200. The number of aryl methyl sites for hydroxylation is 1. The van der Waals surface area contributed by atoms with Gasteiger partial charge in [0.05, 0.1) is 5.56 Å². The van der Waals surface area contributed by atoms with Gasteiger partial charge in [-0.2, -0.15) is 0 Å². The third-order valence-electron chi connectivity index (χ3n) is 2.79. The molecule has 1 heterocycles. The molecule has 0 aliphatic rings. The van der Waals surface area contributed by atoms with Crippen LogP contribution in [0.3, 0.4) is 0 Å². The van der Waals surface area contributed by atoms with Gasteiger partial charge in [0.1, 0.15) is 5.15 Å². The van der Waals surface area contributed by atoms with E-state index in [0.29, 0.717) is 12.1 Å². The molecule has 2 rings (SSSR count). The van der Waals surface area contributed by atoms with Crippen molar-refractivity contribution < 1.29 is 4.79 Å². The van der Waals surface area contributed by atoms with Gasteiger partial charge in [0.15, 0.2) is 0 Å². The van der Waals surface area contributed by atoms with Crippen LogP contribution < -0.4 is 5.32 Å². The molecular weight excluding hydrogens is 260 g/mol. The smallest absolute Gasteiger partial charge is 0.254 e. The second-order valence-corrected chi connectivity index (χ2v) is 4.69. The fourth-order valence-electron chi connectivity index (χ4n) is 1.84. The van der Waals surface area contributed by atoms with Crippen molar-refractivity contribution in [3.05, 3.63) is 64.4 Å². The van der Waals surface area contributed by atoms with Crippen molar-refractivity contribution in [2.45, 2.75) is 13.3 Å². The van der Waals surface area contributed by atoms with Gasteiger partial charge in [0.25, 0.3) is 5.91 Å². The molecule has 1 amide bonds. The lowest BCUT2D eigenvalue weighted by molar-refractivity contribution is 0.0954. The van der Waals surface area contributed by atoms with Crippen LogP contribution in [0.5, 0.6) is 0 Å². The molecule has 1 aromatic heterocycles. The molecule has 4 heteroatoms. The van der Waals surface area contributed by atoms with Gasteiger partial charge < -0.3 is 5.32 Å². The predicted octanol–water partition coefficient (Wildman–Crippen LogP) is 3.02. The van der Waals surface area contributed by atoms with E-state index in [1.54, 1.807) is 18.3 Å². The first kappa shape index (κ1) is 13.6. The summed E-state index contributed by atoms with van der Waals surface area (Å²) < 4.78 is 0. The first-order chi connectivity index (χ1) is 9.16. The molecule has 0 saturated heterocycles. The predicted molar refractivity (Wildman–Crippen MR) is 76.5 cm³/mol. The van der Waals surface area contributed by atoms with Gasteiger partial charge in [-0.05, 0) is 31.0 Å². The molecule has 0 radical (unpaired) electrons. The maximum atomic E-state index is 11.9. The highest BCUT2D eigenvalue weighted by atomic mass is 35.5. The first-order valence-corrected chi connectivity index (χ1v) is 6.49. The number of hydrogen-bond donors (Lipinski definition) is 1. The summed E-state index contributed by atoms with van der Waals surface area (Å²) >= 11 is 5.86. The van der Waals surface area contributed by atoms with Gasteiger partial charge in [-0.25, -0.2) is 4.98 Å². The fourth-order valence-corrected chi connectivity index (χ4v) is 2.04. The molecule has 1 aromatic carbocycles. The van der Waals surface area contributed by atoms with Crippen molar-refractivity contribution in [2.75, 3.05) is 6.54 Å². The van der Waals surface area contributed by atoms with E-state index in [0.717, 1.165) is 6.42 Å². The summed E-state index contributed by atoms with van der Waals surface area (Å²) in [6.07, 6.45) is 2.36. The van der Waals surface area contributed by atoms with E-state index in [4.69, 9.17) is 11.6 Å². The number of amides is 1. The van der Waals surface area contributed by atoms with Gasteiger partial charge in [-0.15, -0.1) is 0 Å². The van der Waals surface area contributed by atoms with Gasteiger partial charge in [0.2, 0.25) is 0 Å². The molecule has 0 unspecified atom stereocenters. The molecule has 0 spiro atoms. The summed E-state index contributed by atoms with van der Waals surface area (Å²) in [5.41, 5.74) is 2.84. The highest BCUT2D eigenvalue weighted by Gasteiger charge is 2.09. The summed E-state index contributed by atoms with van der Waals surface area (Å²) in [6.45, 7) is 2.63. The van der Waals surface area contributed by atoms with E-state index in [9.17, 15) is 4.79 Å². The Morgan fingerprint density at radius 1 is 1.32 bits per heavy atom. The van der Waals surface area contributed by atoms with E-state index in [-0.39, 0.29) is 11.1 Å². The number of halogens is 1. The van der Waals surface area contributed by atoms with Crippen molar-refractivity contribution in [1.29, 1.82) is 0 Å². The molecule has 0 aliphatic heterocycles. The summed E-state index contributed by atoms with van der Waals surface area (Å²) in [4.78, 5) is 15.8. The third-order valence-corrected chi connectivity index (χ3v) is 3.09. The Kier molecular flexibility index (Phi) is 4.53. The lowest BCUT2D eigenvalue weighted by Crippen LogP contribution is -2.26. The Bertz CT molecular complexity index is 584. The van der Waals surface area contributed by atoms with E-state index in [1.807, 2.05) is 6.07 Å². The molecular formula is C15H15ClN2O. The lowest BCUT2D eigenvalue weighted by Gasteiger charge is -2.06. The maximum Gasteiger partial charge on any atom is 0.254 e. The number of nitrogens with zero attached hydrogens (tertiary/aromatic N) is 1. The highest BCUT2D eigenvalue weighted by Crippen LogP contribution is 2.11. The van der Waals surface area contributed by atoms with Crippen LogP contribution in [0.15, 0.2) is 42.6 Å². The zero-order valence-corrected chi connectivity index (χ0v) is 11.4. The van der Waals surface area contributed by atoms with E-state index >= 15 is 0 Å². The molecule has 0 saturated carbocycles. The molecule has 0 fully saturated rings. The summed E-state index contributed by atoms with van der Waals surface area (Å²) in [5, 5.41) is 3.08. The Morgan fingerprint density at radius 3 is 2.89 bits per heavy atom. The third kappa shape index (κ3) is 3.80. The van der Waals surface area contributed by atoms with E-state index in [1.165, 1.54) is 11.1 Å². The Hall–Kier alpha value is -1.87. The van der Waals surface area contributed by atoms with Gasteiger partial charge in [-0.1, -0.05) is 41.4 Å². The number of carbonyl (C=O) groups excluding carboxylic acids is 1. The lowest BCUT2D eigenvalue weighted by atomic mass is 10.1. The number of carbonyl (C=O) groups is 1. The highest BCUT2D eigenvalue weighted by molar-refractivity contribution is 6.32. The van der Waals surface area contributed by atoms with Crippen molar-refractivity contribution in [3.8, 4) is 0 Å². The van der Waals surface area contributed by atoms with Gasteiger partial charge >= 0.3 is 0 Å². The maximum absolute atomic E-state index is 11.9. The Morgan fingerprint density at radius 2 is 2.16 bits per heavy atom. The second-order valence-electron chi connectivity index (χ2n) is 4.34. The number of rotatable bonds is 4. The number of aromatic nitrogens is 1. The molecule has 0 atom stereocenters. The van der Waals surface area contributed by atoms with Crippen LogP contribution in [0.2, 0.25) is 5.15 Å². The average molecular weight is 275 g/mol. The number of hydrogen-bond acceptors (Lipinski definition) is 2. The van der Waals surface area contributed by atoms with Crippen LogP contribution in [-0.4, -0.2) is 17.4 Å². The van der Waals surface area contributed by atoms with Crippen molar-refractivity contribution in [3.63, 3.8) is 0 Å². The van der Waals surface area contributed by atoms with Crippen molar-refractivity contribution >= 4 is 17.5 Å². The molecule has 1 N–H and O–H groups in total. The van der Waals surface area contributed by atoms with Crippen molar-refractivity contribution in [1.82, 2.24) is 10.3 Å². The molecule has 2 aromatic rings. The first-order valence-electron chi connectivity index (χ1n) is 6.11. The topological polar surface area (TPSA) is 42.0 Å². The van der Waals surface area contributed by atoms with Crippen LogP contribution in [0, 0.1) is 6.92 Å². The monoisotopic (exact) mass is 274 g/mol. The Labute approximate surface area is 117 Å². The van der Waals surface area contributed by atoms with Crippen LogP contribution in [0.4, 0.5) is 0 Å².